The number of thioether (sulfide) groups is 1. The molecule has 0 aliphatic carbocycles. The van der Waals surface area contributed by atoms with Gasteiger partial charge in [-0.25, -0.2) is 4.39 Å². The van der Waals surface area contributed by atoms with Crippen LogP contribution in [0.4, 0.5) is 15.8 Å². The standard InChI is InChI=1S/C15H10ClFN2O5S/c16-9-2-3-11(10(17)6-9)18-15(22)8-1-4-13(25-7-14(20)21)12(5-8)19(23)24/h1-6H,7H2,(H,18,22)(H,20,21)/p-1. The number of amides is 1. The number of hydrogen-bond donors (Lipinski definition) is 1. The minimum absolute atomic E-state index is 0.0726. The molecule has 0 heterocycles. The highest BCUT2D eigenvalue weighted by Gasteiger charge is 2.18. The number of nitrogens with zero attached hydrogens (tertiary/aromatic N) is 1. The molecule has 0 saturated heterocycles. The van der Waals surface area contributed by atoms with Crippen molar-refractivity contribution in [2.45, 2.75) is 4.90 Å². The molecule has 0 spiro atoms. The summed E-state index contributed by atoms with van der Waals surface area (Å²) in [4.78, 5) is 33.1. The van der Waals surface area contributed by atoms with Crippen LogP contribution in [0.2, 0.25) is 5.02 Å². The number of carbonyl (C=O) groups is 2. The maximum atomic E-state index is 13.7. The molecule has 0 radical (unpaired) electrons. The van der Waals surface area contributed by atoms with Gasteiger partial charge in [0.25, 0.3) is 11.6 Å². The summed E-state index contributed by atoms with van der Waals surface area (Å²) in [6, 6.07) is 7.16. The highest BCUT2D eigenvalue weighted by atomic mass is 35.5. The van der Waals surface area contributed by atoms with Gasteiger partial charge in [-0.1, -0.05) is 11.6 Å². The molecular weight excluding hydrogens is 375 g/mol. The highest BCUT2D eigenvalue weighted by molar-refractivity contribution is 8.00. The number of nitro benzene ring substituents is 1. The molecule has 1 N–H and O–H groups in total. The zero-order chi connectivity index (χ0) is 18.6. The third-order valence-electron chi connectivity index (χ3n) is 2.94. The first-order valence-corrected chi connectivity index (χ1v) is 8.02. The summed E-state index contributed by atoms with van der Waals surface area (Å²) >= 11 is 6.32. The molecule has 1 amide bonds. The quantitative estimate of drug-likeness (QED) is 0.466. The van der Waals surface area contributed by atoms with Gasteiger partial charge in [-0.15, -0.1) is 11.8 Å². The first-order valence-electron chi connectivity index (χ1n) is 6.65. The highest BCUT2D eigenvalue weighted by Crippen LogP contribution is 2.30. The van der Waals surface area contributed by atoms with Gasteiger partial charge < -0.3 is 15.2 Å². The summed E-state index contributed by atoms with van der Waals surface area (Å²) in [6.45, 7) is 0. The second-order valence-corrected chi connectivity index (χ2v) is 6.13. The maximum absolute atomic E-state index is 13.7. The Morgan fingerprint density at radius 1 is 1.24 bits per heavy atom. The number of halogens is 2. The van der Waals surface area contributed by atoms with Gasteiger partial charge in [0.1, 0.15) is 5.82 Å². The van der Waals surface area contributed by atoms with Crippen molar-refractivity contribution in [3.8, 4) is 0 Å². The van der Waals surface area contributed by atoms with Crippen LogP contribution in [0.1, 0.15) is 10.4 Å². The van der Waals surface area contributed by atoms with Crippen LogP contribution < -0.4 is 10.4 Å². The molecule has 10 heteroatoms. The van der Waals surface area contributed by atoms with Gasteiger partial charge >= 0.3 is 0 Å². The second kappa shape index (κ2) is 7.95. The molecule has 0 aliphatic heterocycles. The fourth-order valence-electron chi connectivity index (χ4n) is 1.85. The van der Waals surface area contributed by atoms with Gasteiger partial charge in [0.05, 0.1) is 21.5 Å². The SMILES string of the molecule is O=C([O-])CSc1ccc(C(=O)Nc2ccc(Cl)cc2F)cc1[N+](=O)[O-]. The van der Waals surface area contributed by atoms with Gasteiger partial charge in [-0.05, 0) is 30.3 Å². The average Bonchev–Trinajstić information content (AvgIpc) is 2.55. The summed E-state index contributed by atoms with van der Waals surface area (Å²) < 4.78 is 13.7. The van der Waals surface area contributed by atoms with E-state index >= 15 is 0 Å². The van der Waals surface area contributed by atoms with Crippen molar-refractivity contribution in [1.29, 1.82) is 0 Å². The molecule has 2 rings (SSSR count). The lowest BCUT2D eigenvalue weighted by molar-refractivity contribution is -0.387. The van der Waals surface area contributed by atoms with Crippen LogP contribution in [-0.4, -0.2) is 22.6 Å². The molecule has 0 aromatic heterocycles. The van der Waals surface area contributed by atoms with Gasteiger partial charge in [0.2, 0.25) is 0 Å². The van der Waals surface area contributed by atoms with E-state index in [1.165, 1.54) is 24.3 Å². The molecule has 0 saturated carbocycles. The molecule has 0 bridgehead atoms. The Kier molecular flexibility index (Phi) is 5.94. The van der Waals surface area contributed by atoms with E-state index in [1.807, 2.05) is 0 Å². The third-order valence-corrected chi connectivity index (χ3v) is 4.21. The van der Waals surface area contributed by atoms with Crippen molar-refractivity contribution in [3.63, 3.8) is 0 Å². The molecule has 0 aliphatic rings. The van der Waals surface area contributed by atoms with Crippen molar-refractivity contribution in [3.05, 3.63) is 62.9 Å². The number of nitrogens with one attached hydrogen (secondary N) is 1. The normalized spacial score (nSPS) is 10.3. The minimum Gasteiger partial charge on any atom is -0.549 e. The first kappa shape index (κ1) is 18.7. The number of hydrogen-bond acceptors (Lipinski definition) is 6. The lowest BCUT2D eigenvalue weighted by Gasteiger charge is -2.08. The second-order valence-electron chi connectivity index (χ2n) is 4.68. The van der Waals surface area contributed by atoms with Crippen molar-refractivity contribution < 1.29 is 24.0 Å². The Bertz CT molecular complexity index is 862. The number of anilines is 1. The Labute approximate surface area is 149 Å². The van der Waals surface area contributed by atoms with Crippen LogP contribution in [0.15, 0.2) is 41.3 Å². The molecule has 2 aromatic carbocycles. The molecular formula is C15H9ClFN2O5S-. The lowest BCUT2D eigenvalue weighted by atomic mass is 10.2. The summed E-state index contributed by atoms with van der Waals surface area (Å²) in [5.74, 6) is -3.36. The maximum Gasteiger partial charge on any atom is 0.283 e. The van der Waals surface area contributed by atoms with Crippen molar-refractivity contribution in [2.75, 3.05) is 11.1 Å². The third kappa shape index (κ3) is 4.91. The molecule has 130 valence electrons. The fourth-order valence-corrected chi connectivity index (χ4v) is 2.72. The zero-order valence-corrected chi connectivity index (χ0v) is 13.9. The van der Waals surface area contributed by atoms with Crippen LogP contribution in [-0.2, 0) is 4.79 Å². The van der Waals surface area contributed by atoms with Crippen molar-refractivity contribution in [1.82, 2.24) is 0 Å². The van der Waals surface area contributed by atoms with E-state index < -0.39 is 34.1 Å². The largest absolute Gasteiger partial charge is 0.549 e. The van der Waals surface area contributed by atoms with E-state index in [0.29, 0.717) is 11.8 Å². The Balaban J connectivity index is 2.26. The summed E-state index contributed by atoms with van der Waals surface area (Å²) in [6.07, 6.45) is 0. The molecule has 7 nitrogen and oxygen atoms in total. The molecule has 25 heavy (non-hydrogen) atoms. The number of aliphatic carboxylic acids is 1. The molecule has 0 unspecified atom stereocenters. The number of carboxylic acid groups (broad SMARTS) is 1. The summed E-state index contributed by atoms with van der Waals surface area (Å²) in [5, 5.41) is 24.0. The van der Waals surface area contributed by atoms with Crippen LogP contribution in [0.5, 0.6) is 0 Å². The predicted octanol–water partition coefficient (Wildman–Crippen LogP) is 2.48. The van der Waals surface area contributed by atoms with Crippen molar-refractivity contribution >= 4 is 46.6 Å². The van der Waals surface area contributed by atoms with E-state index in [9.17, 15) is 29.2 Å². The minimum atomic E-state index is -1.38. The van der Waals surface area contributed by atoms with E-state index in [1.54, 1.807) is 0 Å². The number of carbonyl (C=O) groups excluding carboxylic acids is 2. The Morgan fingerprint density at radius 2 is 1.96 bits per heavy atom. The smallest absolute Gasteiger partial charge is 0.283 e. The topological polar surface area (TPSA) is 112 Å². The molecule has 2 aromatic rings. The van der Waals surface area contributed by atoms with Gasteiger partial charge in [0, 0.05) is 22.4 Å². The van der Waals surface area contributed by atoms with Crippen LogP contribution in [0.3, 0.4) is 0 Å². The zero-order valence-electron chi connectivity index (χ0n) is 12.3. The van der Waals surface area contributed by atoms with E-state index in [2.05, 4.69) is 5.32 Å². The number of carboxylic acids is 1. The molecule has 0 fully saturated rings. The Morgan fingerprint density at radius 3 is 2.56 bits per heavy atom. The van der Waals surface area contributed by atoms with Gasteiger partial charge in [0.15, 0.2) is 0 Å². The van der Waals surface area contributed by atoms with E-state index in [-0.39, 0.29) is 21.2 Å². The lowest BCUT2D eigenvalue weighted by Crippen LogP contribution is -2.24. The van der Waals surface area contributed by atoms with E-state index in [4.69, 9.17) is 11.6 Å². The predicted molar refractivity (Wildman–Crippen MR) is 88.2 cm³/mol. The van der Waals surface area contributed by atoms with Crippen LogP contribution in [0, 0.1) is 15.9 Å². The Hall–Kier alpha value is -2.65. The van der Waals surface area contributed by atoms with Gasteiger partial charge in [-0.3, -0.25) is 14.9 Å². The van der Waals surface area contributed by atoms with Crippen molar-refractivity contribution in [2.24, 2.45) is 0 Å². The van der Waals surface area contributed by atoms with Crippen LogP contribution >= 0.6 is 23.4 Å². The van der Waals surface area contributed by atoms with Crippen LogP contribution in [0.25, 0.3) is 0 Å². The molecule has 0 atom stereocenters. The van der Waals surface area contributed by atoms with E-state index in [0.717, 1.165) is 12.1 Å². The number of benzene rings is 2. The van der Waals surface area contributed by atoms with Gasteiger partial charge in [-0.2, -0.15) is 0 Å². The fraction of sp³-hybridized carbons (Fsp3) is 0.0667. The number of rotatable bonds is 6. The monoisotopic (exact) mass is 383 g/mol. The first-order chi connectivity index (χ1) is 11.8. The number of nitro groups is 1. The average molecular weight is 384 g/mol. The summed E-state index contributed by atoms with van der Waals surface area (Å²) in [7, 11) is 0. The summed E-state index contributed by atoms with van der Waals surface area (Å²) in [5.41, 5.74) is -0.651.